The van der Waals surface area contributed by atoms with Gasteiger partial charge in [-0.05, 0) is 37.1 Å². The van der Waals surface area contributed by atoms with Crippen molar-refractivity contribution in [3.05, 3.63) is 47.8 Å². The van der Waals surface area contributed by atoms with Crippen LogP contribution in [0, 0.1) is 13.8 Å². The third-order valence-corrected chi connectivity index (χ3v) is 3.37. The quantitative estimate of drug-likeness (QED) is 0.763. The fourth-order valence-corrected chi connectivity index (χ4v) is 2.38. The van der Waals surface area contributed by atoms with Crippen LogP contribution in [0.15, 0.2) is 36.7 Å². The van der Waals surface area contributed by atoms with E-state index in [-0.39, 0.29) is 0 Å². The van der Waals surface area contributed by atoms with Crippen molar-refractivity contribution in [3.63, 3.8) is 0 Å². The molecule has 0 bridgehead atoms. The van der Waals surface area contributed by atoms with Gasteiger partial charge in [-0.1, -0.05) is 12.1 Å². The Bertz CT molecular complexity index is 536. The molecule has 0 atom stereocenters. The van der Waals surface area contributed by atoms with E-state index in [9.17, 15) is 0 Å². The number of aryl methyl sites for hydroxylation is 2. The first-order chi connectivity index (χ1) is 9.25. The summed E-state index contributed by atoms with van der Waals surface area (Å²) in [4.78, 5) is 13.3. The zero-order valence-corrected chi connectivity index (χ0v) is 11.2. The Morgan fingerprint density at radius 3 is 1.79 bits per heavy atom. The van der Waals surface area contributed by atoms with Crippen molar-refractivity contribution in [2.75, 3.05) is 22.7 Å². The van der Waals surface area contributed by atoms with E-state index < -0.39 is 0 Å². The Morgan fingerprint density at radius 2 is 1.37 bits per heavy atom. The minimum atomic E-state index is 0.938. The zero-order chi connectivity index (χ0) is 13.2. The van der Waals surface area contributed by atoms with Gasteiger partial charge in [0, 0.05) is 25.5 Å². The van der Waals surface area contributed by atoms with E-state index in [4.69, 9.17) is 0 Å². The van der Waals surface area contributed by atoms with E-state index >= 15 is 0 Å². The Morgan fingerprint density at radius 1 is 0.895 bits per heavy atom. The summed E-state index contributed by atoms with van der Waals surface area (Å²) in [5.74, 6) is 2.05. The number of nitrogens with zero attached hydrogens (tertiary/aromatic N) is 4. The molecule has 3 rings (SSSR count). The summed E-state index contributed by atoms with van der Waals surface area (Å²) in [6.45, 7) is 6.05. The van der Waals surface area contributed by atoms with Gasteiger partial charge in [0.25, 0.3) is 0 Å². The molecule has 4 nitrogen and oxygen atoms in total. The van der Waals surface area contributed by atoms with Crippen molar-refractivity contribution in [1.82, 2.24) is 9.97 Å². The molecule has 2 aromatic heterocycles. The first-order valence-corrected chi connectivity index (χ1v) is 6.47. The summed E-state index contributed by atoms with van der Waals surface area (Å²) < 4.78 is 0. The average Bonchev–Trinajstić information content (AvgIpc) is 2.89. The van der Waals surface area contributed by atoms with Crippen LogP contribution in [0.3, 0.4) is 0 Å². The highest BCUT2D eigenvalue weighted by Gasteiger charge is 2.26. The smallest absolute Gasteiger partial charge is 0.382 e. The molecule has 2 aromatic rings. The van der Waals surface area contributed by atoms with Crippen molar-refractivity contribution in [3.8, 4) is 0 Å². The van der Waals surface area contributed by atoms with Crippen LogP contribution < -0.4 is 9.62 Å². The molecule has 1 radical (unpaired) electrons. The van der Waals surface area contributed by atoms with Gasteiger partial charge in [0.15, 0.2) is 0 Å². The van der Waals surface area contributed by atoms with E-state index in [0.29, 0.717) is 0 Å². The lowest BCUT2D eigenvalue weighted by Gasteiger charge is -2.20. The van der Waals surface area contributed by atoms with Crippen LogP contribution in [0.4, 0.5) is 11.6 Å². The zero-order valence-electron chi connectivity index (χ0n) is 11.2. The van der Waals surface area contributed by atoms with E-state index in [1.807, 2.05) is 24.5 Å². The lowest BCUT2D eigenvalue weighted by Crippen LogP contribution is -2.31. The number of hydrogen-bond donors (Lipinski definition) is 0. The number of anilines is 2. The Labute approximate surface area is 114 Å². The molecular weight excluding hydrogens is 235 g/mol. The molecular formula is C14H16BN4. The maximum absolute atomic E-state index is 4.46. The molecule has 1 fully saturated rings. The maximum atomic E-state index is 4.46. The van der Waals surface area contributed by atoms with Crippen molar-refractivity contribution in [1.29, 1.82) is 0 Å². The number of rotatable bonds is 2. The van der Waals surface area contributed by atoms with Gasteiger partial charge >= 0.3 is 7.55 Å². The molecule has 19 heavy (non-hydrogen) atoms. The number of hydrogen-bond acceptors (Lipinski definition) is 4. The number of aromatic nitrogens is 2. The van der Waals surface area contributed by atoms with E-state index in [0.717, 1.165) is 24.7 Å². The topological polar surface area (TPSA) is 32.3 Å². The van der Waals surface area contributed by atoms with Crippen LogP contribution in [-0.4, -0.2) is 30.6 Å². The van der Waals surface area contributed by atoms with E-state index in [2.05, 4.69) is 53.1 Å². The predicted molar refractivity (Wildman–Crippen MR) is 78.4 cm³/mol. The molecule has 0 aliphatic carbocycles. The Hall–Kier alpha value is -2.04. The molecule has 0 N–H and O–H groups in total. The van der Waals surface area contributed by atoms with Crippen LogP contribution in [0.25, 0.3) is 0 Å². The highest BCUT2D eigenvalue weighted by Crippen LogP contribution is 2.23. The fourth-order valence-electron chi connectivity index (χ4n) is 2.38. The minimum absolute atomic E-state index is 0.938. The summed E-state index contributed by atoms with van der Waals surface area (Å²) in [6.07, 6.45) is 3.68. The normalized spacial score (nSPS) is 14.6. The summed E-state index contributed by atoms with van der Waals surface area (Å²) >= 11 is 0. The van der Waals surface area contributed by atoms with Gasteiger partial charge < -0.3 is 9.62 Å². The lowest BCUT2D eigenvalue weighted by molar-refractivity contribution is 0.984. The second kappa shape index (κ2) is 4.92. The van der Waals surface area contributed by atoms with Gasteiger partial charge in [-0.2, -0.15) is 0 Å². The number of pyridine rings is 2. The molecule has 1 aliphatic heterocycles. The third kappa shape index (κ3) is 2.28. The van der Waals surface area contributed by atoms with Crippen LogP contribution in [0.5, 0.6) is 0 Å². The molecule has 0 unspecified atom stereocenters. The van der Waals surface area contributed by atoms with Gasteiger partial charge in [0.1, 0.15) is 11.6 Å². The molecule has 0 aromatic carbocycles. The average molecular weight is 251 g/mol. The first kappa shape index (κ1) is 12.0. The fraction of sp³-hybridized carbons (Fsp3) is 0.286. The van der Waals surface area contributed by atoms with Crippen molar-refractivity contribution >= 4 is 19.2 Å². The second-order valence-electron chi connectivity index (χ2n) is 4.79. The van der Waals surface area contributed by atoms with Crippen LogP contribution >= 0.6 is 0 Å². The second-order valence-corrected chi connectivity index (χ2v) is 4.79. The standard InChI is InChI=1S/C14H16BN4/c1-11-5-3-7-16-13(11)18-9-10-19(15-18)14-12(2)6-4-8-17-14/h3-8H,9-10H2,1-2H3. The first-order valence-electron chi connectivity index (χ1n) is 6.47. The van der Waals surface area contributed by atoms with Crippen LogP contribution in [-0.2, 0) is 0 Å². The molecule has 5 heteroatoms. The highest BCUT2D eigenvalue weighted by molar-refractivity contribution is 6.48. The Balaban J connectivity index is 1.82. The van der Waals surface area contributed by atoms with E-state index in [1.165, 1.54) is 11.1 Å². The van der Waals surface area contributed by atoms with Gasteiger partial charge in [-0.25, -0.2) is 9.97 Å². The van der Waals surface area contributed by atoms with Crippen molar-refractivity contribution in [2.24, 2.45) is 0 Å². The van der Waals surface area contributed by atoms with E-state index in [1.54, 1.807) is 0 Å². The maximum Gasteiger partial charge on any atom is 0.394 e. The van der Waals surface area contributed by atoms with Gasteiger partial charge in [0.05, 0.1) is 0 Å². The molecule has 1 saturated heterocycles. The highest BCUT2D eigenvalue weighted by atomic mass is 15.3. The van der Waals surface area contributed by atoms with Crippen molar-refractivity contribution in [2.45, 2.75) is 13.8 Å². The van der Waals surface area contributed by atoms with Gasteiger partial charge in [-0.15, -0.1) is 0 Å². The molecule has 0 saturated carbocycles. The largest absolute Gasteiger partial charge is 0.394 e. The molecule has 95 valence electrons. The van der Waals surface area contributed by atoms with Crippen molar-refractivity contribution < 1.29 is 0 Å². The predicted octanol–water partition coefficient (Wildman–Crippen LogP) is 1.95. The van der Waals surface area contributed by atoms with Crippen LogP contribution in [0.2, 0.25) is 0 Å². The summed E-state index contributed by atoms with van der Waals surface area (Å²) in [5.41, 5.74) is 2.39. The Kier molecular flexibility index (Phi) is 3.11. The SMILES string of the molecule is Cc1cccnc1N1[B]N(c2ncccc2C)CC1. The molecule has 0 spiro atoms. The summed E-state index contributed by atoms with van der Waals surface area (Å²) in [6, 6.07) is 8.11. The van der Waals surface area contributed by atoms with Gasteiger partial charge in [-0.3, -0.25) is 0 Å². The van der Waals surface area contributed by atoms with Crippen LogP contribution in [0.1, 0.15) is 11.1 Å². The molecule has 0 amide bonds. The van der Waals surface area contributed by atoms with Gasteiger partial charge in [0.2, 0.25) is 0 Å². The lowest BCUT2D eigenvalue weighted by atomic mass is 10.1. The monoisotopic (exact) mass is 251 g/mol. The minimum Gasteiger partial charge on any atom is -0.382 e. The third-order valence-electron chi connectivity index (χ3n) is 3.37. The molecule has 1 aliphatic rings. The summed E-state index contributed by atoms with van der Waals surface area (Å²) in [5, 5.41) is 0. The molecule has 3 heterocycles. The summed E-state index contributed by atoms with van der Waals surface area (Å²) in [7, 11) is 2.10.